The van der Waals surface area contributed by atoms with Gasteiger partial charge in [0.05, 0.1) is 12.8 Å². The summed E-state index contributed by atoms with van der Waals surface area (Å²) in [6.07, 6.45) is 3.04. The van der Waals surface area contributed by atoms with Crippen LogP contribution in [0.15, 0.2) is 36.5 Å². The van der Waals surface area contributed by atoms with Gasteiger partial charge in [0.1, 0.15) is 11.9 Å². The molecule has 3 atom stereocenters. The number of alkyl halides is 2. The molecule has 2 N–H and O–H groups in total. The van der Waals surface area contributed by atoms with E-state index in [4.69, 9.17) is 4.74 Å². The smallest absolute Gasteiger partial charge is 0.331 e. The molecule has 0 spiro atoms. The van der Waals surface area contributed by atoms with E-state index < -0.39 is 53.3 Å². The Bertz CT molecular complexity index is 1470. The summed E-state index contributed by atoms with van der Waals surface area (Å²) in [5.41, 5.74) is -0.349. The minimum atomic E-state index is -3.89. The third kappa shape index (κ3) is 9.37. The number of ether oxygens (including phenoxy) is 1. The van der Waals surface area contributed by atoms with Crippen molar-refractivity contribution in [1.29, 1.82) is 0 Å². The molecule has 1 aliphatic heterocycles. The Balaban J connectivity index is 1.53. The highest BCUT2D eigenvalue weighted by molar-refractivity contribution is 5.97. The fraction of sp³-hybridized carbons (Fsp3) is 0.583. The van der Waals surface area contributed by atoms with Crippen LogP contribution in [0.3, 0.4) is 0 Å². The molecule has 4 rings (SSSR count). The molecule has 268 valence electrons. The zero-order chi connectivity index (χ0) is 35.9. The Morgan fingerprint density at radius 2 is 1.71 bits per heavy atom. The number of methoxy groups -OCH3 is 1. The molecular formula is C36H48F3N5O5. The summed E-state index contributed by atoms with van der Waals surface area (Å²) in [6, 6.07) is 5.50. The fourth-order valence-corrected chi connectivity index (χ4v) is 6.57. The number of nitrogens with zero attached hydrogens (tertiary/aromatic N) is 3. The van der Waals surface area contributed by atoms with Gasteiger partial charge in [0.25, 0.3) is 0 Å². The predicted molar refractivity (Wildman–Crippen MR) is 179 cm³/mol. The number of pyridine rings is 1. The zero-order valence-corrected chi connectivity index (χ0v) is 28.9. The molecule has 49 heavy (non-hydrogen) atoms. The van der Waals surface area contributed by atoms with Crippen molar-refractivity contribution in [2.75, 3.05) is 45.7 Å². The van der Waals surface area contributed by atoms with Crippen molar-refractivity contribution in [3.8, 4) is 5.88 Å². The number of carbonyl (C=O) groups excluding carboxylic acids is 4. The van der Waals surface area contributed by atoms with Crippen LogP contribution in [0, 0.1) is 23.6 Å². The van der Waals surface area contributed by atoms with Crippen LogP contribution in [0.5, 0.6) is 5.88 Å². The first kappa shape index (κ1) is 37.8. The molecular weight excluding hydrogens is 639 g/mol. The molecule has 2 fully saturated rings. The number of piperazine rings is 1. The van der Waals surface area contributed by atoms with E-state index in [0.29, 0.717) is 50.5 Å². The van der Waals surface area contributed by atoms with Gasteiger partial charge in [-0.1, -0.05) is 39.7 Å². The summed E-state index contributed by atoms with van der Waals surface area (Å²) in [4.78, 5) is 60.3. The van der Waals surface area contributed by atoms with Crippen LogP contribution in [0.1, 0.15) is 76.3 Å². The van der Waals surface area contributed by atoms with E-state index in [1.807, 2.05) is 7.05 Å². The second-order valence-electron chi connectivity index (χ2n) is 13.5. The molecule has 1 saturated heterocycles. The van der Waals surface area contributed by atoms with Crippen molar-refractivity contribution in [3.63, 3.8) is 0 Å². The molecule has 2 aromatic rings. The summed E-state index contributed by atoms with van der Waals surface area (Å²) in [5.74, 6) is -8.91. The number of ketones is 1. The first-order valence-corrected chi connectivity index (χ1v) is 17.0. The lowest BCUT2D eigenvalue weighted by atomic mass is 9.74. The van der Waals surface area contributed by atoms with Gasteiger partial charge in [0.2, 0.25) is 29.4 Å². The Morgan fingerprint density at radius 3 is 2.29 bits per heavy atom. The number of likely N-dealkylation sites (N-methyl/N-ethyl adjacent to an activating group) is 1. The van der Waals surface area contributed by atoms with E-state index in [1.54, 1.807) is 24.8 Å². The maximum absolute atomic E-state index is 15.6. The average molecular weight is 688 g/mol. The van der Waals surface area contributed by atoms with E-state index in [9.17, 15) is 19.2 Å². The molecule has 13 heteroatoms. The normalized spacial score (nSPS) is 20.5. The van der Waals surface area contributed by atoms with Crippen LogP contribution in [0.4, 0.5) is 18.9 Å². The number of anilines is 1. The second kappa shape index (κ2) is 16.6. The molecule has 1 aromatic heterocycles. The van der Waals surface area contributed by atoms with Gasteiger partial charge in [-0.3, -0.25) is 19.2 Å². The van der Waals surface area contributed by atoms with Crippen molar-refractivity contribution in [2.24, 2.45) is 17.8 Å². The predicted octanol–water partition coefficient (Wildman–Crippen LogP) is 5.13. The van der Waals surface area contributed by atoms with Gasteiger partial charge in [-0.25, -0.2) is 9.37 Å². The summed E-state index contributed by atoms with van der Waals surface area (Å²) < 4.78 is 51.2. The van der Waals surface area contributed by atoms with Gasteiger partial charge >= 0.3 is 5.92 Å². The third-order valence-electron chi connectivity index (χ3n) is 10.0. The number of hydrogen-bond donors (Lipinski definition) is 2. The lowest BCUT2D eigenvalue weighted by molar-refractivity contribution is -0.147. The Hall–Kier alpha value is -4.00. The number of halogens is 3. The molecule has 1 aromatic carbocycles. The van der Waals surface area contributed by atoms with Crippen LogP contribution in [0.25, 0.3) is 0 Å². The highest BCUT2D eigenvalue weighted by Crippen LogP contribution is 2.39. The number of carbonyl (C=O) groups is 4. The maximum atomic E-state index is 15.6. The molecule has 3 amide bonds. The highest BCUT2D eigenvalue weighted by atomic mass is 19.3. The van der Waals surface area contributed by atoms with Crippen LogP contribution < -0.4 is 15.4 Å². The first-order valence-electron chi connectivity index (χ1n) is 17.0. The fourth-order valence-electron chi connectivity index (χ4n) is 6.57. The number of rotatable bonds is 13. The third-order valence-corrected chi connectivity index (χ3v) is 10.0. The second-order valence-corrected chi connectivity index (χ2v) is 13.5. The quantitative estimate of drug-likeness (QED) is 0.300. The zero-order valence-electron chi connectivity index (χ0n) is 28.9. The Morgan fingerprint density at radius 1 is 1.04 bits per heavy atom. The summed E-state index contributed by atoms with van der Waals surface area (Å²) in [5, 5.41) is 5.36. The van der Waals surface area contributed by atoms with Gasteiger partial charge in [-0.15, -0.1) is 0 Å². The van der Waals surface area contributed by atoms with Crippen LogP contribution in [-0.4, -0.2) is 84.7 Å². The maximum Gasteiger partial charge on any atom is 0.331 e. The molecule has 1 saturated carbocycles. The van der Waals surface area contributed by atoms with Crippen molar-refractivity contribution < 1.29 is 37.1 Å². The monoisotopic (exact) mass is 687 g/mol. The SMILES string of the molecule is CCC(=O)N[C@@H](C(=O)N1CCN(C)CC1)[C@@H](C)c1ccc(NC(=O)[C@@H](CC(=O)C(F)(F)c2ccc(OC)nc2)C2CCC(C)CC2)c(F)c1. The minimum Gasteiger partial charge on any atom is -0.481 e. The standard InChI is InChI=1S/C36H48F3N5O5/c1-6-31(46)42-33(35(48)44-17-15-43(4)16-18-44)23(3)25-11-13-29(28(37)19-25)41-34(47)27(24-9-7-22(2)8-10-24)20-30(45)36(38,39)26-12-14-32(49-5)40-21-26/h11-14,19,21-24,27,33H,6-10,15-18,20H2,1-5H3,(H,41,47)(H,42,46)/t22?,23-,24?,27-,33+/m0/s1. The number of nitrogens with one attached hydrogen (secondary N) is 2. The molecule has 0 bridgehead atoms. The van der Waals surface area contributed by atoms with Crippen LogP contribution in [0.2, 0.25) is 0 Å². The average Bonchev–Trinajstić information content (AvgIpc) is 3.10. The van der Waals surface area contributed by atoms with Gasteiger partial charge in [-0.05, 0) is 55.5 Å². The topological polar surface area (TPSA) is 121 Å². The van der Waals surface area contributed by atoms with Crippen LogP contribution in [-0.2, 0) is 25.1 Å². The lowest BCUT2D eigenvalue weighted by Gasteiger charge is -2.36. The molecule has 2 aliphatic rings. The molecule has 1 aliphatic carbocycles. The molecule has 0 unspecified atom stereocenters. The summed E-state index contributed by atoms with van der Waals surface area (Å²) in [6.45, 7) is 7.89. The van der Waals surface area contributed by atoms with E-state index in [1.165, 1.54) is 25.3 Å². The van der Waals surface area contributed by atoms with Gasteiger partial charge < -0.3 is 25.2 Å². The minimum absolute atomic E-state index is 0.117. The Kier molecular flexibility index (Phi) is 12.8. The van der Waals surface area contributed by atoms with Gasteiger partial charge in [0.15, 0.2) is 0 Å². The summed E-state index contributed by atoms with van der Waals surface area (Å²) >= 11 is 0. The number of aromatic nitrogens is 1. The largest absolute Gasteiger partial charge is 0.481 e. The van der Waals surface area contributed by atoms with Crippen molar-refractivity contribution in [3.05, 3.63) is 53.5 Å². The van der Waals surface area contributed by atoms with Gasteiger partial charge in [0, 0.05) is 68.7 Å². The van der Waals surface area contributed by atoms with Gasteiger partial charge in [-0.2, -0.15) is 8.78 Å². The van der Waals surface area contributed by atoms with E-state index in [0.717, 1.165) is 25.1 Å². The molecule has 2 heterocycles. The number of Topliss-reactive ketones (excluding diaryl/α,β-unsaturated/α-hetero) is 1. The van der Waals surface area contributed by atoms with Crippen molar-refractivity contribution >= 4 is 29.2 Å². The first-order chi connectivity index (χ1) is 23.2. The van der Waals surface area contributed by atoms with Crippen LogP contribution >= 0.6 is 0 Å². The van der Waals surface area contributed by atoms with Crippen molar-refractivity contribution in [2.45, 2.75) is 77.2 Å². The highest BCUT2D eigenvalue weighted by Gasteiger charge is 2.44. The number of benzene rings is 1. The molecule has 10 nitrogen and oxygen atoms in total. The van der Waals surface area contributed by atoms with E-state index >= 15 is 13.2 Å². The number of hydrogen-bond acceptors (Lipinski definition) is 7. The summed E-state index contributed by atoms with van der Waals surface area (Å²) in [7, 11) is 3.31. The lowest BCUT2D eigenvalue weighted by Crippen LogP contribution is -2.55. The molecule has 0 radical (unpaired) electrons. The van der Waals surface area contributed by atoms with Crippen molar-refractivity contribution in [1.82, 2.24) is 20.1 Å². The van der Waals surface area contributed by atoms with E-state index in [-0.39, 0.29) is 35.7 Å². The van der Waals surface area contributed by atoms with E-state index in [2.05, 4.69) is 27.4 Å². The number of amides is 3. The Labute approximate surface area is 286 Å².